The molecule has 0 heterocycles. The van der Waals surface area contributed by atoms with Gasteiger partial charge in [-0.1, -0.05) is 36.1 Å². The van der Waals surface area contributed by atoms with Crippen LogP contribution in [0.5, 0.6) is 5.75 Å². The number of aryl methyl sites for hydroxylation is 1. The summed E-state index contributed by atoms with van der Waals surface area (Å²) in [5.41, 5.74) is 0.830. The van der Waals surface area contributed by atoms with Gasteiger partial charge in [-0.3, -0.25) is 0 Å². The van der Waals surface area contributed by atoms with Crippen LogP contribution in [-0.2, 0) is 15.9 Å². The summed E-state index contributed by atoms with van der Waals surface area (Å²) in [5.74, 6) is 4.30. The van der Waals surface area contributed by atoms with Gasteiger partial charge in [0.2, 0.25) is 0 Å². The van der Waals surface area contributed by atoms with Gasteiger partial charge in [-0.2, -0.15) is 0 Å². The summed E-state index contributed by atoms with van der Waals surface area (Å²) >= 11 is 0. The molecule has 31 heavy (non-hydrogen) atoms. The number of benzene rings is 2. The molecule has 162 valence electrons. The second-order valence-electron chi connectivity index (χ2n) is 9.53. The Bertz CT molecular complexity index is 1100. The molecule has 3 rings (SSSR count). The average Bonchev–Trinajstić information content (AvgIpc) is 2.60. The van der Waals surface area contributed by atoms with E-state index in [4.69, 9.17) is 9.47 Å². The van der Waals surface area contributed by atoms with Gasteiger partial charge in [0.25, 0.3) is 0 Å². The zero-order valence-electron chi connectivity index (χ0n) is 18.9. The predicted molar refractivity (Wildman–Crippen MR) is 119 cm³/mol. The molecule has 0 fully saturated rings. The van der Waals surface area contributed by atoms with Crippen molar-refractivity contribution in [2.75, 3.05) is 0 Å². The van der Waals surface area contributed by atoms with Crippen LogP contribution in [0.2, 0.25) is 0 Å². The lowest BCUT2D eigenvalue weighted by atomic mass is 9.87. The van der Waals surface area contributed by atoms with E-state index in [1.807, 2.05) is 24.3 Å². The first-order valence-corrected chi connectivity index (χ1v) is 10.3. The number of rotatable bonds is 2. The van der Waals surface area contributed by atoms with Crippen molar-refractivity contribution in [3.8, 4) is 28.7 Å². The number of hydrogen-bond donors (Lipinski definition) is 1. The Kier molecular flexibility index (Phi) is 5.87. The Hall–Kier alpha value is -3.26. The third kappa shape index (κ3) is 5.08. The molecule has 0 aliphatic heterocycles. The quantitative estimate of drug-likeness (QED) is 0.529. The number of carbonyl (C=O) groups excluding carboxylic acids is 2. The zero-order chi connectivity index (χ0) is 23.0. The molecule has 1 N–H and O–H groups in total. The van der Waals surface area contributed by atoms with Crippen molar-refractivity contribution in [3.63, 3.8) is 0 Å². The van der Waals surface area contributed by atoms with E-state index in [0.29, 0.717) is 17.5 Å². The highest BCUT2D eigenvalue weighted by Gasteiger charge is 2.32. The molecule has 1 aliphatic rings. The molecular weight excluding hydrogens is 392 g/mol. The van der Waals surface area contributed by atoms with E-state index in [2.05, 4.69) is 11.8 Å². The average molecular weight is 421 g/mol. The van der Waals surface area contributed by atoms with Crippen LogP contribution in [0, 0.1) is 11.8 Å². The van der Waals surface area contributed by atoms with Crippen molar-refractivity contribution in [2.24, 2.45) is 0 Å². The van der Waals surface area contributed by atoms with E-state index < -0.39 is 23.1 Å². The van der Waals surface area contributed by atoms with E-state index >= 15 is 0 Å². The van der Waals surface area contributed by atoms with Gasteiger partial charge >= 0.3 is 11.9 Å². The third-order valence-corrected chi connectivity index (χ3v) is 4.55. The molecule has 0 saturated carbocycles. The molecule has 0 radical (unpaired) electrons. The molecule has 1 aliphatic carbocycles. The standard InChI is InChI=1S/C26H28O5/c1-25(2,3)30-23(28)19-15-17-13-8-7-11-16-12-9-10-14-18(16)20(17)22(27)21(19)24(29)31-26(4,5)6/h9-10,12,14-15,27H,7,11H2,1-6H3. The van der Waals surface area contributed by atoms with Gasteiger partial charge in [0.05, 0.1) is 5.56 Å². The fourth-order valence-electron chi connectivity index (χ4n) is 3.41. The Labute approximate surface area is 183 Å². The van der Waals surface area contributed by atoms with Crippen molar-refractivity contribution in [1.82, 2.24) is 0 Å². The maximum absolute atomic E-state index is 13.1. The number of ether oxygens (including phenoxy) is 2. The van der Waals surface area contributed by atoms with Crippen LogP contribution >= 0.6 is 0 Å². The van der Waals surface area contributed by atoms with E-state index in [9.17, 15) is 14.7 Å². The van der Waals surface area contributed by atoms with Gasteiger partial charge in [0.15, 0.2) is 0 Å². The smallest absolute Gasteiger partial charge is 0.343 e. The van der Waals surface area contributed by atoms with Crippen LogP contribution < -0.4 is 0 Å². The SMILES string of the molecule is CC(C)(C)OC(=O)c1cc2c(c(O)c1C(=O)OC(C)(C)C)-c1ccccc1CCC#C2. The van der Waals surface area contributed by atoms with Crippen LogP contribution in [0.25, 0.3) is 11.1 Å². The predicted octanol–water partition coefficient (Wildman–Crippen LogP) is 5.27. The van der Waals surface area contributed by atoms with E-state index in [0.717, 1.165) is 17.5 Å². The first-order chi connectivity index (χ1) is 14.4. The summed E-state index contributed by atoms with van der Waals surface area (Å²) in [6.07, 6.45) is 1.37. The van der Waals surface area contributed by atoms with Crippen molar-refractivity contribution in [2.45, 2.75) is 65.6 Å². The van der Waals surface area contributed by atoms with Gasteiger partial charge < -0.3 is 14.6 Å². The first-order valence-electron chi connectivity index (χ1n) is 10.3. The monoisotopic (exact) mass is 420 g/mol. The number of carbonyl (C=O) groups is 2. The minimum absolute atomic E-state index is 0.0622. The van der Waals surface area contributed by atoms with Gasteiger partial charge in [-0.15, -0.1) is 0 Å². The fourth-order valence-corrected chi connectivity index (χ4v) is 3.41. The van der Waals surface area contributed by atoms with Crippen molar-refractivity contribution >= 4 is 11.9 Å². The topological polar surface area (TPSA) is 72.8 Å². The molecule has 0 saturated heterocycles. The largest absolute Gasteiger partial charge is 0.506 e. The Balaban J connectivity index is 2.32. The lowest BCUT2D eigenvalue weighted by Gasteiger charge is -2.24. The molecule has 0 bridgehead atoms. The normalized spacial score (nSPS) is 13.0. The van der Waals surface area contributed by atoms with E-state index in [1.165, 1.54) is 6.07 Å². The third-order valence-electron chi connectivity index (χ3n) is 4.55. The van der Waals surface area contributed by atoms with Crippen LogP contribution in [0.15, 0.2) is 30.3 Å². The minimum atomic E-state index is -0.809. The summed E-state index contributed by atoms with van der Waals surface area (Å²) in [4.78, 5) is 26.1. The number of aromatic hydroxyl groups is 1. The van der Waals surface area contributed by atoms with Crippen LogP contribution in [0.4, 0.5) is 0 Å². The maximum Gasteiger partial charge on any atom is 0.343 e. The molecular formula is C26H28O5. The highest BCUT2D eigenvalue weighted by atomic mass is 16.6. The Morgan fingerprint density at radius 3 is 2.23 bits per heavy atom. The summed E-state index contributed by atoms with van der Waals surface area (Å²) < 4.78 is 11.0. The van der Waals surface area contributed by atoms with Gasteiger partial charge in [-0.05, 0) is 65.2 Å². The highest BCUT2D eigenvalue weighted by Crippen LogP contribution is 2.41. The van der Waals surface area contributed by atoms with Crippen LogP contribution in [0.3, 0.4) is 0 Å². The number of hydrogen-bond acceptors (Lipinski definition) is 5. The molecule has 0 spiro atoms. The van der Waals surface area contributed by atoms with Crippen LogP contribution in [0.1, 0.15) is 79.8 Å². The second kappa shape index (κ2) is 8.11. The zero-order valence-corrected chi connectivity index (χ0v) is 18.9. The number of phenolic OH excluding ortho intramolecular Hbond substituents is 1. The Morgan fingerprint density at radius 1 is 0.968 bits per heavy atom. The molecule has 5 heteroatoms. The molecule has 0 aromatic heterocycles. The van der Waals surface area contributed by atoms with E-state index in [-0.39, 0.29) is 16.9 Å². The summed E-state index contributed by atoms with van der Waals surface area (Å²) in [5, 5.41) is 11.3. The van der Waals surface area contributed by atoms with Crippen LogP contribution in [-0.4, -0.2) is 28.2 Å². The van der Waals surface area contributed by atoms with Gasteiger partial charge in [0.1, 0.15) is 22.5 Å². The van der Waals surface area contributed by atoms with Crippen molar-refractivity contribution in [1.29, 1.82) is 0 Å². The Morgan fingerprint density at radius 2 is 1.58 bits per heavy atom. The van der Waals surface area contributed by atoms with Gasteiger partial charge in [-0.25, -0.2) is 9.59 Å². The molecule has 2 aromatic rings. The lowest BCUT2D eigenvalue weighted by molar-refractivity contribution is 0.00161. The highest BCUT2D eigenvalue weighted by molar-refractivity contribution is 6.08. The molecule has 0 atom stereocenters. The number of esters is 2. The number of fused-ring (bicyclic) bond motifs is 3. The lowest BCUT2D eigenvalue weighted by Crippen LogP contribution is -2.28. The molecule has 0 amide bonds. The van der Waals surface area contributed by atoms with Gasteiger partial charge in [0, 0.05) is 17.5 Å². The van der Waals surface area contributed by atoms with Crippen molar-refractivity contribution < 1.29 is 24.2 Å². The summed E-state index contributed by atoms with van der Waals surface area (Å²) in [6.45, 7) is 10.4. The van der Waals surface area contributed by atoms with E-state index in [1.54, 1.807) is 41.5 Å². The molecule has 2 aromatic carbocycles. The fraction of sp³-hybridized carbons (Fsp3) is 0.385. The molecule has 0 unspecified atom stereocenters. The maximum atomic E-state index is 13.1. The minimum Gasteiger partial charge on any atom is -0.506 e. The first kappa shape index (κ1) is 22.4. The molecule has 5 nitrogen and oxygen atoms in total. The summed E-state index contributed by atoms with van der Waals surface area (Å²) in [6, 6.07) is 9.17. The second-order valence-corrected chi connectivity index (χ2v) is 9.53. The number of phenols is 1. The summed E-state index contributed by atoms with van der Waals surface area (Å²) in [7, 11) is 0. The van der Waals surface area contributed by atoms with Crippen molar-refractivity contribution in [3.05, 3.63) is 52.6 Å².